The fraction of sp³-hybridized carbons (Fsp3) is 0.529. The van der Waals surface area contributed by atoms with Crippen LogP contribution in [0.4, 0.5) is 19.0 Å². The molecule has 142 valence electrons. The van der Waals surface area contributed by atoms with Crippen molar-refractivity contribution in [2.45, 2.75) is 37.5 Å². The summed E-state index contributed by atoms with van der Waals surface area (Å²) in [5.41, 5.74) is 0.355. The van der Waals surface area contributed by atoms with E-state index in [0.29, 0.717) is 12.1 Å². The van der Waals surface area contributed by atoms with E-state index in [4.69, 9.17) is 0 Å². The van der Waals surface area contributed by atoms with Crippen molar-refractivity contribution in [1.82, 2.24) is 20.0 Å². The van der Waals surface area contributed by atoms with E-state index in [0.717, 1.165) is 31.6 Å². The molecule has 2 saturated heterocycles. The Balaban J connectivity index is 1.29. The van der Waals surface area contributed by atoms with Crippen LogP contribution in [0.15, 0.2) is 22.9 Å². The zero-order chi connectivity index (χ0) is 18.8. The number of hydrogen-bond acceptors (Lipinski definition) is 6. The predicted molar refractivity (Wildman–Crippen MR) is 86.5 cm³/mol. The summed E-state index contributed by atoms with van der Waals surface area (Å²) in [6, 6.07) is 3.83. The average Bonchev–Trinajstić information content (AvgIpc) is 3.07. The van der Waals surface area contributed by atoms with Crippen LogP contribution in [-0.4, -0.2) is 51.1 Å². The van der Waals surface area contributed by atoms with Crippen molar-refractivity contribution in [2.24, 2.45) is 5.92 Å². The van der Waals surface area contributed by atoms with Crippen LogP contribution in [0.3, 0.4) is 0 Å². The Morgan fingerprint density at radius 1 is 1.19 bits per heavy atom. The summed E-state index contributed by atoms with van der Waals surface area (Å²) in [6.07, 6.45) is -0.282. The van der Waals surface area contributed by atoms with Gasteiger partial charge < -0.3 is 14.3 Å². The molecule has 2 aromatic rings. The zero-order valence-corrected chi connectivity index (χ0v) is 14.2. The minimum Gasteiger partial charge on any atom is -0.350 e. The van der Waals surface area contributed by atoms with Gasteiger partial charge in [-0.2, -0.15) is 18.2 Å². The lowest BCUT2D eigenvalue weighted by molar-refractivity contribution is -0.159. The number of aromatic nitrogens is 3. The average molecular weight is 379 g/mol. The van der Waals surface area contributed by atoms with Crippen molar-refractivity contribution < 1.29 is 22.5 Å². The molecule has 3 aliphatic rings. The summed E-state index contributed by atoms with van der Waals surface area (Å²) in [5, 5.41) is 3.37. The summed E-state index contributed by atoms with van der Waals surface area (Å²) < 4.78 is 42.0. The summed E-state index contributed by atoms with van der Waals surface area (Å²) in [4.78, 5) is 24.2. The third-order valence-corrected chi connectivity index (χ3v) is 5.42. The molecule has 2 aromatic heterocycles. The predicted octanol–water partition coefficient (Wildman–Crippen LogP) is 2.35. The maximum Gasteiger partial charge on any atom is 0.471 e. The molecule has 5 rings (SSSR count). The number of alkyl halides is 3. The highest BCUT2D eigenvalue weighted by atomic mass is 19.4. The molecule has 3 fully saturated rings. The van der Waals surface area contributed by atoms with Crippen molar-refractivity contribution in [2.75, 3.05) is 18.0 Å². The molecule has 2 aliphatic heterocycles. The van der Waals surface area contributed by atoms with E-state index in [1.807, 2.05) is 4.90 Å². The first kappa shape index (κ1) is 16.5. The highest BCUT2D eigenvalue weighted by Crippen LogP contribution is 2.39. The van der Waals surface area contributed by atoms with Gasteiger partial charge in [0.1, 0.15) is 5.82 Å². The summed E-state index contributed by atoms with van der Waals surface area (Å²) in [6.45, 7) is 1.44. The van der Waals surface area contributed by atoms with Crippen LogP contribution in [0.1, 0.15) is 25.2 Å². The van der Waals surface area contributed by atoms with Crippen LogP contribution in [-0.2, 0) is 11.0 Å². The Labute approximate surface area is 152 Å². The summed E-state index contributed by atoms with van der Waals surface area (Å²) in [5.74, 6) is -0.275. The molecule has 2 bridgehead atoms. The van der Waals surface area contributed by atoms with Crippen molar-refractivity contribution in [3.63, 3.8) is 0 Å². The maximum absolute atomic E-state index is 12.6. The Morgan fingerprint density at radius 2 is 2.00 bits per heavy atom. The van der Waals surface area contributed by atoms with Crippen molar-refractivity contribution >= 4 is 11.7 Å². The van der Waals surface area contributed by atoms with E-state index in [2.05, 4.69) is 24.5 Å². The van der Waals surface area contributed by atoms with Gasteiger partial charge in [0, 0.05) is 30.8 Å². The number of pyridine rings is 1. The number of likely N-dealkylation sites (tertiary alicyclic amines) is 1. The first-order chi connectivity index (χ1) is 12.9. The Hall–Kier alpha value is -2.65. The van der Waals surface area contributed by atoms with Gasteiger partial charge in [-0.3, -0.25) is 4.79 Å². The van der Waals surface area contributed by atoms with E-state index in [1.165, 1.54) is 6.20 Å². The number of carbonyl (C=O) groups excluding carboxylic acids is 1. The second kappa shape index (κ2) is 5.67. The van der Waals surface area contributed by atoms with Gasteiger partial charge in [-0.25, -0.2) is 4.98 Å². The van der Waals surface area contributed by atoms with Gasteiger partial charge in [-0.1, -0.05) is 5.16 Å². The fourth-order valence-electron chi connectivity index (χ4n) is 3.93. The molecular weight excluding hydrogens is 363 g/mol. The van der Waals surface area contributed by atoms with Crippen LogP contribution in [0.2, 0.25) is 0 Å². The number of hydrogen-bond donors (Lipinski definition) is 0. The number of fused-ring (bicyclic) bond motifs is 2. The van der Waals surface area contributed by atoms with Gasteiger partial charge in [0.25, 0.3) is 0 Å². The van der Waals surface area contributed by atoms with Crippen molar-refractivity contribution in [1.29, 1.82) is 0 Å². The van der Waals surface area contributed by atoms with Crippen LogP contribution >= 0.6 is 0 Å². The van der Waals surface area contributed by atoms with E-state index in [1.54, 1.807) is 12.1 Å². The van der Waals surface area contributed by atoms with E-state index in [-0.39, 0.29) is 29.7 Å². The lowest BCUT2D eigenvalue weighted by atomic mass is 10.2. The lowest BCUT2D eigenvalue weighted by Crippen LogP contribution is -2.49. The molecule has 0 radical (unpaired) electrons. The number of rotatable bonds is 3. The zero-order valence-electron chi connectivity index (χ0n) is 14.2. The molecule has 1 aliphatic carbocycles. The molecular formula is C17H16F3N5O2. The topological polar surface area (TPSA) is 75.4 Å². The van der Waals surface area contributed by atoms with Crippen LogP contribution in [0.5, 0.6) is 0 Å². The van der Waals surface area contributed by atoms with Gasteiger partial charge >= 0.3 is 12.1 Å². The van der Waals surface area contributed by atoms with Crippen LogP contribution in [0.25, 0.3) is 11.4 Å². The summed E-state index contributed by atoms with van der Waals surface area (Å²) >= 11 is 0. The smallest absolute Gasteiger partial charge is 0.350 e. The molecule has 7 nitrogen and oxygen atoms in total. The minimum absolute atomic E-state index is 0.148. The largest absolute Gasteiger partial charge is 0.471 e. The van der Waals surface area contributed by atoms with Crippen LogP contribution in [0, 0.1) is 5.92 Å². The number of piperazine rings is 1. The van der Waals surface area contributed by atoms with E-state index < -0.39 is 12.1 Å². The molecule has 1 amide bonds. The van der Waals surface area contributed by atoms with E-state index in [9.17, 15) is 18.0 Å². The van der Waals surface area contributed by atoms with Gasteiger partial charge in [0.2, 0.25) is 11.7 Å². The third-order valence-electron chi connectivity index (χ3n) is 5.42. The normalized spacial score (nSPS) is 24.7. The fourth-order valence-corrected chi connectivity index (χ4v) is 3.93. The van der Waals surface area contributed by atoms with Gasteiger partial charge in [-0.15, -0.1) is 0 Å². The molecule has 2 atom stereocenters. The number of amides is 1. The molecule has 2 unspecified atom stereocenters. The SMILES string of the molecule is O=C(C1CC1)N1CC2CC1CN2c1ccc(-c2noc(C(F)(F)F)n2)cn1. The molecule has 0 aromatic carbocycles. The van der Waals surface area contributed by atoms with Crippen LogP contribution < -0.4 is 4.90 Å². The quantitative estimate of drug-likeness (QED) is 0.815. The monoisotopic (exact) mass is 379 g/mol. The number of halogens is 3. The molecule has 1 saturated carbocycles. The number of carbonyl (C=O) groups is 1. The van der Waals surface area contributed by atoms with Gasteiger partial charge in [-0.05, 0) is 31.4 Å². The Morgan fingerprint density at radius 3 is 2.56 bits per heavy atom. The van der Waals surface area contributed by atoms with Gasteiger partial charge in [0.15, 0.2) is 0 Å². The standard InChI is InChI=1S/C17H16F3N5O2/c18-17(19,20)16-22-14(23-27-16)10-3-4-13(21-6-10)24-7-12-5-11(24)8-25(12)15(26)9-1-2-9/h3-4,6,9,11-12H,1-2,5,7-8H2. The first-order valence-electron chi connectivity index (χ1n) is 8.84. The Bertz CT molecular complexity index is 877. The number of nitrogens with zero attached hydrogens (tertiary/aromatic N) is 5. The summed E-state index contributed by atoms with van der Waals surface area (Å²) in [7, 11) is 0. The first-order valence-corrected chi connectivity index (χ1v) is 8.84. The highest BCUT2D eigenvalue weighted by molar-refractivity contribution is 5.82. The highest BCUT2D eigenvalue weighted by Gasteiger charge is 2.48. The minimum atomic E-state index is -4.67. The lowest BCUT2D eigenvalue weighted by Gasteiger charge is -2.35. The molecule has 0 spiro atoms. The second-order valence-corrected chi connectivity index (χ2v) is 7.29. The number of anilines is 1. The molecule has 27 heavy (non-hydrogen) atoms. The maximum atomic E-state index is 12.6. The van der Waals surface area contributed by atoms with E-state index >= 15 is 0 Å². The van der Waals surface area contributed by atoms with Gasteiger partial charge in [0.05, 0.1) is 12.1 Å². The van der Waals surface area contributed by atoms with Crippen molar-refractivity contribution in [3.8, 4) is 11.4 Å². The Kier molecular flexibility index (Phi) is 3.47. The second-order valence-electron chi connectivity index (χ2n) is 7.29. The third kappa shape index (κ3) is 2.83. The van der Waals surface area contributed by atoms with Crippen molar-refractivity contribution in [3.05, 3.63) is 24.2 Å². The molecule has 10 heteroatoms. The molecule has 4 heterocycles. The molecule has 0 N–H and O–H groups in total.